The summed E-state index contributed by atoms with van der Waals surface area (Å²) in [4.78, 5) is 0. The topological polar surface area (TPSA) is 49.9 Å². The van der Waals surface area contributed by atoms with Gasteiger partial charge in [0, 0.05) is 17.8 Å². The molecule has 0 amide bonds. The second-order valence-corrected chi connectivity index (χ2v) is 5.60. The predicted molar refractivity (Wildman–Crippen MR) is 91.0 cm³/mol. The van der Waals surface area contributed by atoms with Gasteiger partial charge in [0.05, 0.1) is 12.3 Å². The number of aromatic nitrogens is 2. The van der Waals surface area contributed by atoms with Crippen LogP contribution in [0.15, 0.2) is 30.3 Å². The van der Waals surface area contributed by atoms with E-state index in [1.54, 1.807) is 0 Å². The molecular weight excluding hydrogens is 274 g/mol. The summed E-state index contributed by atoms with van der Waals surface area (Å²) in [5.74, 6) is 0.935. The Balaban J connectivity index is 1.79. The molecule has 4 heteroatoms. The molecule has 2 N–H and O–H groups in total. The minimum Gasteiger partial charge on any atom is -0.494 e. The number of nitrogens with zero attached hydrogens (tertiary/aromatic N) is 1. The van der Waals surface area contributed by atoms with E-state index in [-0.39, 0.29) is 0 Å². The molecule has 0 fully saturated rings. The van der Waals surface area contributed by atoms with Crippen LogP contribution in [0.2, 0.25) is 0 Å². The zero-order chi connectivity index (χ0) is 15.6. The molecule has 0 saturated heterocycles. The molecule has 4 nitrogen and oxygen atoms in total. The van der Waals surface area contributed by atoms with E-state index in [0.29, 0.717) is 0 Å². The van der Waals surface area contributed by atoms with Crippen molar-refractivity contribution in [1.82, 2.24) is 15.5 Å². The lowest BCUT2D eigenvalue weighted by atomic mass is 10.1. The molecular formula is C18H27N3O. The number of hydrogen-bond donors (Lipinski definition) is 2. The highest BCUT2D eigenvalue weighted by atomic mass is 16.5. The minimum absolute atomic E-state index is 0.798. The highest BCUT2D eigenvalue weighted by molar-refractivity contribution is 5.60. The Labute approximate surface area is 133 Å². The van der Waals surface area contributed by atoms with Crippen molar-refractivity contribution in [3.05, 3.63) is 36.0 Å². The lowest BCUT2D eigenvalue weighted by molar-refractivity contribution is 0.304. The molecule has 0 aliphatic heterocycles. The number of nitrogens with one attached hydrogen (secondary N) is 2. The second-order valence-electron chi connectivity index (χ2n) is 5.60. The fourth-order valence-corrected chi connectivity index (χ4v) is 2.41. The first kappa shape index (κ1) is 16.6. The largest absolute Gasteiger partial charge is 0.494 e. The average Bonchev–Trinajstić information content (AvgIpc) is 3.00. The molecule has 0 radical (unpaired) electrons. The fraction of sp³-hybridized carbons (Fsp3) is 0.500. The van der Waals surface area contributed by atoms with Crippen LogP contribution in [0, 0.1) is 0 Å². The third kappa shape index (κ3) is 5.19. The summed E-state index contributed by atoms with van der Waals surface area (Å²) in [7, 11) is 1.93. The van der Waals surface area contributed by atoms with Crippen LogP contribution < -0.4 is 10.1 Å². The van der Waals surface area contributed by atoms with Crippen molar-refractivity contribution in [2.24, 2.45) is 0 Å². The van der Waals surface area contributed by atoms with Crippen molar-refractivity contribution >= 4 is 0 Å². The molecule has 0 aliphatic carbocycles. The number of H-pyrrole nitrogens is 1. The molecule has 1 heterocycles. The quantitative estimate of drug-likeness (QED) is 0.648. The van der Waals surface area contributed by atoms with Gasteiger partial charge in [0.25, 0.3) is 0 Å². The van der Waals surface area contributed by atoms with E-state index in [1.807, 2.05) is 19.2 Å². The van der Waals surface area contributed by atoms with Crippen LogP contribution in [0.5, 0.6) is 5.75 Å². The first-order valence-electron chi connectivity index (χ1n) is 8.25. The molecule has 1 aromatic heterocycles. The Hall–Kier alpha value is -1.81. The Morgan fingerprint density at radius 1 is 1.09 bits per heavy atom. The first-order chi connectivity index (χ1) is 10.8. The first-order valence-corrected chi connectivity index (χ1v) is 8.25. The summed E-state index contributed by atoms with van der Waals surface area (Å²) in [6.45, 7) is 3.84. The zero-order valence-corrected chi connectivity index (χ0v) is 13.7. The van der Waals surface area contributed by atoms with Gasteiger partial charge in [-0.3, -0.25) is 5.10 Å². The van der Waals surface area contributed by atoms with Crippen LogP contribution in [0.1, 0.15) is 44.7 Å². The molecule has 0 atom stereocenters. The SMILES string of the molecule is CCCCCCCOc1ccc(-c2cc(CNC)[nH]n2)cc1. The van der Waals surface area contributed by atoms with Gasteiger partial charge in [-0.15, -0.1) is 0 Å². The summed E-state index contributed by atoms with van der Waals surface area (Å²) in [6.07, 6.45) is 6.31. The molecule has 2 rings (SSSR count). The summed E-state index contributed by atoms with van der Waals surface area (Å²) >= 11 is 0. The summed E-state index contributed by atoms with van der Waals surface area (Å²) in [6, 6.07) is 10.2. The van der Waals surface area contributed by atoms with Crippen molar-refractivity contribution in [1.29, 1.82) is 0 Å². The van der Waals surface area contributed by atoms with E-state index < -0.39 is 0 Å². The van der Waals surface area contributed by atoms with E-state index in [2.05, 4.69) is 40.6 Å². The Morgan fingerprint density at radius 3 is 2.59 bits per heavy atom. The second kappa shape index (κ2) is 9.26. The minimum atomic E-state index is 0.798. The van der Waals surface area contributed by atoms with Crippen molar-refractivity contribution < 1.29 is 4.74 Å². The van der Waals surface area contributed by atoms with Crippen LogP contribution in [-0.4, -0.2) is 23.9 Å². The fourth-order valence-electron chi connectivity index (χ4n) is 2.41. The monoisotopic (exact) mass is 301 g/mol. The van der Waals surface area contributed by atoms with Gasteiger partial charge < -0.3 is 10.1 Å². The van der Waals surface area contributed by atoms with Crippen LogP contribution in [-0.2, 0) is 6.54 Å². The molecule has 0 spiro atoms. The van der Waals surface area contributed by atoms with E-state index in [4.69, 9.17) is 4.74 Å². The van der Waals surface area contributed by atoms with Crippen LogP contribution >= 0.6 is 0 Å². The van der Waals surface area contributed by atoms with Crippen LogP contribution in [0.4, 0.5) is 0 Å². The predicted octanol–water partition coefficient (Wildman–Crippen LogP) is 4.15. The molecule has 0 saturated carbocycles. The standard InChI is InChI=1S/C18H27N3O/c1-3-4-5-6-7-12-22-17-10-8-15(9-11-17)18-13-16(14-19-2)20-21-18/h8-11,13,19H,3-7,12,14H2,1-2H3,(H,20,21). The Bertz CT molecular complexity index is 534. The third-order valence-electron chi connectivity index (χ3n) is 3.66. The summed E-state index contributed by atoms with van der Waals surface area (Å²) in [5, 5.41) is 10.5. The zero-order valence-electron chi connectivity index (χ0n) is 13.7. The van der Waals surface area contributed by atoms with Crippen LogP contribution in [0.3, 0.4) is 0 Å². The average molecular weight is 301 g/mol. The van der Waals surface area contributed by atoms with E-state index in [9.17, 15) is 0 Å². The summed E-state index contributed by atoms with van der Waals surface area (Å²) < 4.78 is 5.78. The van der Waals surface area contributed by atoms with Gasteiger partial charge in [-0.05, 0) is 43.8 Å². The van der Waals surface area contributed by atoms with Crippen LogP contribution in [0.25, 0.3) is 11.3 Å². The number of unbranched alkanes of at least 4 members (excludes halogenated alkanes) is 4. The van der Waals surface area contributed by atoms with Gasteiger partial charge in [-0.25, -0.2) is 0 Å². The molecule has 0 unspecified atom stereocenters. The van der Waals surface area contributed by atoms with Gasteiger partial charge >= 0.3 is 0 Å². The maximum atomic E-state index is 5.78. The lowest BCUT2D eigenvalue weighted by Gasteiger charge is -2.06. The highest BCUT2D eigenvalue weighted by Crippen LogP contribution is 2.21. The Morgan fingerprint density at radius 2 is 1.86 bits per heavy atom. The van der Waals surface area contributed by atoms with E-state index in [0.717, 1.165) is 42.3 Å². The third-order valence-corrected chi connectivity index (χ3v) is 3.66. The van der Waals surface area contributed by atoms with Gasteiger partial charge in [0.2, 0.25) is 0 Å². The highest BCUT2D eigenvalue weighted by Gasteiger charge is 2.04. The Kier molecular flexibility index (Phi) is 6.97. The smallest absolute Gasteiger partial charge is 0.119 e. The van der Waals surface area contributed by atoms with Crippen molar-refractivity contribution in [3.63, 3.8) is 0 Å². The van der Waals surface area contributed by atoms with Gasteiger partial charge in [0.15, 0.2) is 0 Å². The maximum Gasteiger partial charge on any atom is 0.119 e. The van der Waals surface area contributed by atoms with Gasteiger partial charge in [-0.2, -0.15) is 5.10 Å². The van der Waals surface area contributed by atoms with E-state index in [1.165, 1.54) is 25.7 Å². The normalized spacial score (nSPS) is 10.8. The molecule has 120 valence electrons. The lowest BCUT2D eigenvalue weighted by Crippen LogP contribution is -2.04. The summed E-state index contributed by atoms with van der Waals surface area (Å²) in [5.41, 5.74) is 3.16. The van der Waals surface area contributed by atoms with Gasteiger partial charge in [0.1, 0.15) is 5.75 Å². The number of ether oxygens (including phenoxy) is 1. The van der Waals surface area contributed by atoms with Crippen molar-refractivity contribution in [3.8, 4) is 17.0 Å². The molecule has 0 aliphatic rings. The van der Waals surface area contributed by atoms with Gasteiger partial charge in [-0.1, -0.05) is 32.6 Å². The molecule has 1 aromatic carbocycles. The number of benzene rings is 1. The van der Waals surface area contributed by atoms with Crippen molar-refractivity contribution in [2.75, 3.05) is 13.7 Å². The number of hydrogen-bond acceptors (Lipinski definition) is 3. The molecule has 0 bridgehead atoms. The van der Waals surface area contributed by atoms with Crippen molar-refractivity contribution in [2.45, 2.75) is 45.6 Å². The number of aromatic amines is 1. The number of rotatable bonds is 10. The molecule has 2 aromatic rings. The molecule has 22 heavy (non-hydrogen) atoms. The maximum absolute atomic E-state index is 5.78. The van der Waals surface area contributed by atoms with E-state index >= 15 is 0 Å².